The minimum absolute atomic E-state index is 0. The molecule has 0 aliphatic heterocycles. The van der Waals surface area contributed by atoms with E-state index in [9.17, 15) is 19.2 Å². The van der Waals surface area contributed by atoms with Crippen LogP contribution in [0.2, 0.25) is 0 Å². The number of carbonyl (C=O) groups is 2. The van der Waals surface area contributed by atoms with E-state index in [1.165, 1.54) is 12.9 Å². The van der Waals surface area contributed by atoms with E-state index < -0.39 is 11.9 Å². The van der Waals surface area contributed by atoms with Gasteiger partial charge in [-0.2, -0.15) is 0 Å². The van der Waals surface area contributed by atoms with Crippen molar-refractivity contribution < 1.29 is 51.9 Å². The summed E-state index contributed by atoms with van der Waals surface area (Å²) in [6.45, 7) is 1.19. The van der Waals surface area contributed by atoms with E-state index in [4.69, 9.17) is 5.73 Å². The van der Waals surface area contributed by atoms with E-state index in [0.29, 0.717) is 6.08 Å². The molecule has 10 heteroatoms. The molecule has 1 amide bonds. The Morgan fingerprint density at radius 1 is 1.45 bits per heavy atom. The predicted octanol–water partition coefficient (Wildman–Crippen LogP) is 0.193. The molecule has 7 nitrogen and oxygen atoms in total. The zero-order valence-corrected chi connectivity index (χ0v) is 17.1. The molecule has 0 aliphatic rings. The van der Waals surface area contributed by atoms with Gasteiger partial charge in [-0.15, -0.1) is 0 Å². The standard InChI is InChI=1S/C7H9N2O3.C5H10NOS2.Y/c1-5(11)6(8)4-9-7(12)2-3-10;1-6-5(3-7)4-9-8-2;/h2,6,8H,4H2,1H3,(H,9,12);5-6H,4H2,1-2H3;/q2*-1;. The van der Waals surface area contributed by atoms with Gasteiger partial charge in [-0.3, -0.25) is 4.79 Å². The predicted molar refractivity (Wildman–Crippen MR) is 86.6 cm³/mol. The van der Waals surface area contributed by atoms with Crippen molar-refractivity contribution in [2.45, 2.75) is 19.0 Å². The molecule has 2 atom stereocenters. The van der Waals surface area contributed by atoms with Gasteiger partial charge in [-0.1, -0.05) is 33.7 Å². The van der Waals surface area contributed by atoms with Crippen LogP contribution in [0, 0.1) is 0 Å². The maximum Gasteiger partial charge on any atom is 0.255 e. The number of likely N-dealkylation sites (N-methyl/N-ethyl adjacent to an activating group) is 1. The van der Waals surface area contributed by atoms with Crippen LogP contribution in [0.15, 0.2) is 6.08 Å². The summed E-state index contributed by atoms with van der Waals surface area (Å²) in [5.74, 6) is 1.12. The van der Waals surface area contributed by atoms with Crippen LogP contribution in [-0.2, 0) is 51.9 Å². The Morgan fingerprint density at radius 2 is 2.05 bits per heavy atom. The number of nitrogens with one attached hydrogen (secondary N) is 3. The van der Waals surface area contributed by atoms with Crippen molar-refractivity contribution in [2.24, 2.45) is 0 Å². The van der Waals surface area contributed by atoms with Crippen LogP contribution < -0.4 is 10.6 Å². The second-order valence-corrected chi connectivity index (χ2v) is 6.19. The molecule has 3 N–H and O–H groups in total. The van der Waals surface area contributed by atoms with Crippen molar-refractivity contribution in [3.63, 3.8) is 0 Å². The van der Waals surface area contributed by atoms with Gasteiger partial charge < -0.3 is 26.0 Å². The van der Waals surface area contributed by atoms with Crippen LogP contribution in [0.1, 0.15) is 6.92 Å². The average molecular weight is 422 g/mol. The normalized spacial score (nSPS) is 11.5. The van der Waals surface area contributed by atoms with E-state index in [2.05, 4.69) is 10.6 Å². The molecule has 0 heterocycles. The first-order chi connectivity index (χ1) is 9.92. The van der Waals surface area contributed by atoms with Crippen molar-refractivity contribution in [2.75, 3.05) is 25.6 Å². The van der Waals surface area contributed by atoms with E-state index in [-0.39, 0.29) is 51.1 Å². The first kappa shape index (κ1) is 26.9. The number of Topliss-reactive ketones (excluding diaryl/α,β-unsaturated/α-hetero) is 1. The molecule has 1 radical (unpaired) electrons. The summed E-state index contributed by atoms with van der Waals surface area (Å²) in [5.41, 5.74) is 7.08. The quantitative estimate of drug-likeness (QED) is 0.236. The SMILES string of the molecule is CC(=O)C([NH-])CNC(=O)C=C=O.CNC([C-]=O)CSSC.[Y]. The van der Waals surface area contributed by atoms with Crippen LogP contribution in [0.25, 0.3) is 5.73 Å². The summed E-state index contributed by atoms with van der Waals surface area (Å²) >= 11 is 0. The molecule has 0 spiro atoms. The van der Waals surface area contributed by atoms with E-state index in [0.717, 1.165) is 5.75 Å². The number of ketones is 1. The number of hydrogen-bond donors (Lipinski definition) is 2. The fraction of sp³-hybridized carbons (Fsp3) is 0.583. The Kier molecular flexibility index (Phi) is 23.2. The summed E-state index contributed by atoms with van der Waals surface area (Å²) in [7, 11) is 5.08. The third-order valence-electron chi connectivity index (χ3n) is 2.00. The molecule has 0 saturated heterocycles. The second kappa shape index (κ2) is 19.0. The maximum atomic E-state index is 10.5. The van der Waals surface area contributed by atoms with Gasteiger partial charge in [0.25, 0.3) is 5.91 Å². The van der Waals surface area contributed by atoms with Gasteiger partial charge in [-0.25, -0.2) is 11.1 Å². The van der Waals surface area contributed by atoms with Gasteiger partial charge in [0.2, 0.25) is 0 Å². The molecule has 0 bridgehead atoms. The molecule has 0 fully saturated rings. The third kappa shape index (κ3) is 18.0. The fourth-order valence-electron chi connectivity index (χ4n) is 0.763. The Morgan fingerprint density at radius 3 is 2.41 bits per heavy atom. The van der Waals surface area contributed by atoms with Crippen molar-refractivity contribution in [1.29, 1.82) is 0 Å². The minimum atomic E-state index is -0.964. The molecule has 0 aromatic rings. The number of amides is 1. The second-order valence-electron chi connectivity index (χ2n) is 3.58. The van der Waals surface area contributed by atoms with Gasteiger partial charge in [0.05, 0.1) is 6.08 Å². The van der Waals surface area contributed by atoms with Crippen molar-refractivity contribution in [3.05, 3.63) is 11.8 Å². The molecule has 2 unspecified atom stereocenters. The van der Waals surface area contributed by atoms with Crippen molar-refractivity contribution in [3.8, 4) is 0 Å². The fourth-order valence-corrected chi connectivity index (χ4v) is 2.09. The number of rotatable bonds is 9. The van der Waals surface area contributed by atoms with Crippen LogP contribution in [0.5, 0.6) is 0 Å². The van der Waals surface area contributed by atoms with Crippen LogP contribution in [-0.4, -0.2) is 61.6 Å². The number of hydrogen-bond acceptors (Lipinski definition) is 7. The largest absolute Gasteiger partial charge is 0.667 e. The van der Waals surface area contributed by atoms with Gasteiger partial charge in [0.1, 0.15) is 11.7 Å². The Labute approximate surface area is 163 Å². The molecule has 0 rings (SSSR count). The maximum absolute atomic E-state index is 10.5. The molecular formula is C12H19N3O4S2Y-2. The van der Waals surface area contributed by atoms with Crippen LogP contribution in [0.4, 0.5) is 0 Å². The molecule has 0 aliphatic carbocycles. The molecular weight excluding hydrogens is 403 g/mol. The monoisotopic (exact) mass is 422 g/mol. The third-order valence-corrected chi connectivity index (χ3v) is 3.82. The van der Waals surface area contributed by atoms with Gasteiger partial charge in [-0.05, 0) is 26.0 Å². The first-order valence-electron chi connectivity index (χ1n) is 5.83. The molecule has 0 saturated carbocycles. The van der Waals surface area contributed by atoms with Gasteiger partial charge >= 0.3 is 0 Å². The summed E-state index contributed by atoms with van der Waals surface area (Å²) < 4.78 is 0. The van der Waals surface area contributed by atoms with Crippen molar-refractivity contribution in [1.82, 2.24) is 10.6 Å². The Hall–Kier alpha value is -0.0161. The van der Waals surface area contributed by atoms with Gasteiger partial charge in [0.15, 0.2) is 0 Å². The summed E-state index contributed by atoms with van der Waals surface area (Å²) in [4.78, 5) is 40.7. The van der Waals surface area contributed by atoms with E-state index in [1.807, 2.05) is 12.5 Å². The molecule has 123 valence electrons. The van der Waals surface area contributed by atoms with Gasteiger partial charge in [0, 0.05) is 39.3 Å². The summed E-state index contributed by atoms with van der Waals surface area (Å²) in [6.07, 6.45) is 4.55. The smallest absolute Gasteiger partial charge is 0.255 e. The average Bonchev–Trinajstić information content (AvgIpc) is 2.46. The molecule has 0 aromatic heterocycles. The minimum Gasteiger partial charge on any atom is -0.667 e. The molecule has 0 aromatic carbocycles. The number of carbonyl (C=O) groups excluding carboxylic acids is 4. The topological polar surface area (TPSA) is 116 Å². The van der Waals surface area contributed by atoms with Crippen molar-refractivity contribution >= 4 is 45.5 Å². The van der Waals surface area contributed by atoms with Crippen LogP contribution in [0.3, 0.4) is 0 Å². The zero-order valence-electron chi connectivity index (χ0n) is 12.7. The van der Waals surface area contributed by atoms with E-state index in [1.54, 1.807) is 28.6 Å². The Bertz CT molecular complexity index is 379. The summed E-state index contributed by atoms with van der Waals surface area (Å²) in [5, 5.41) is 5.03. The first-order valence-corrected chi connectivity index (χ1v) is 8.56. The zero-order chi connectivity index (χ0) is 16.7. The van der Waals surface area contributed by atoms with Crippen LogP contribution >= 0.6 is 21.6 Å². The Balaban J connectivity index is -0.000000326. The van der Waals surface area contributed by atoms with E-state index >= 15 is 0 Å². The summed E-state index contributed by atoms with van der Waals surface area (Å²) in [6, 6.07) is -1.07. The molecule has 22 heavy (non-hydrogen) atoms.